The zero-order chi connectivity index (χ0) is 25.7. The molecule has 0 atom stereocenters. The molecule has 1 aliphatic rings. The van der Waals surface area contributed by atoms with Gasteiger partial charge in [0.15, 0.2) is 9.84 Å². The van der Waals surface area contributed by atoms with E-state index in [2.05, 4.69) is 5.32 Å². The smallest absolute Gasteiger partial charge is 0.256 e. The predicted molar refractivity (Wildman–Crippen MR) is 137 cm³/mol. The highest BCUT2D eigenvalue weighted by Gasteiger charge is 2.26. The van der Waals surface area contributed by atoms with Crippen molar-refractivity contribution in [2.24, 2.45) is 0 Å². The van der Waals surface area contributed by atoms with Crippen LogP contribution >= 0.6 is 0 Å². The number of likely N-dealkylation sites (tertiary alicyclic amines) is 1. The fraction of sp³-hybridized carbons (Fsp3) is 0.286. The molecule has 0 spiro atoms. The van der Waals surface area contributed by atoms with Gasteiger partial charge >= 0.3 is 0 Å². The van der Waals surface area contributed by atoms with Crippen LogP contribution in [0.25, 0.3) is 0 Å². The molecule has 0 bridgehead atoms. The van der Waals surface area contributed by atoms with E-state index in [-0.39, 0.29) is 40.4 Å². The highest BCUT2D eigenvalue weighted by molar-refractivity contribution is 7.91. The van der Waals surface area contributed by atoms with E-state index in [1.807, 2.05) is 12.1 Å². The Morgan fingerprint density at radius 1 is 0.972 bits per heavy atom. The minimum Gasteiger partial charge on any atom is -0.339 e. The summed E-state index contributed by atoms with van der Waals surface area (Å²) in [5.74, 6) is -1.13. The lowest BCUT2D eigenvalue weighted by molar-refractivity contribution is -0.115. The number of hydrogen-bond donors (Lipinski definition) is 1. The van der Waals surface area contributed by atoms with Crippen LogP contribution in [0.4, 0.5) is 10.1 Å². The minimum atomic E-state index is -3.51. The van der Waals surface area contributed by atoms with E-state index < -0.39 is 15.7 Å². The Kier molecular flexibility index (Phi) is 7.84. The van der Waals surface area contributed by atoms with Gasteiger partial charge in [-0.25, -0.2) is 12.8 Å². The summed E-state index contributed by atoms with van der Waals surface area (Å²) in [4.78, 5) is 26.9. The number of anilines is 1. The number of sulfone groups is 1. The molecule has 1 fully saturated rings. The van der Waals surface area contributed by atoms with Crippen LogP contribution in [0.3, 0.4) is 0 Å². The standard InChI is InChI=1S/C28H29FN2O4S/c1-20-7-12-25(26(29)19-20)28(33)31-16-13-22(14-17-31)21-8-10-23(11-9-21)30-27(32)15-18-36(34,35)24-5-3-2-4-6-24/h2-12,19,22H,13-18H2,1H3,(H,30,32). The number of aryl methyl sites for hydroxylation is 1. The molecule has 3 aromatic carbocycles. The van der Waals surface area contributed by atoms with Gasteiger partial charge in [-0.15, -0.1) is 0 Å². The Morgan fingerprint density at radius 3 is 2.28 bits per heavy atom. The van der Waals surface area contributed by atoms with Crippen molar-refractivity contribution < 1.29 is 22.4 Å². The number of carbonyl (C=O) groups is 2. The monoisotopic (exact) mass is 508 g/mol. The first-order valence-electron chi connectivity index (χ1n) is 12.0. The van der Waals surface area contributed by atoms with E-state index in [0.29, 0.717) is 18.8 Å². The Morgan fingerprint density at radius 2 is 1.64 bits per heavy atom. The van der Waals surface area contributed by atoms with Crippen molar-refractivity contribution in [1.29, 1.82) is 0 Å². The quantitative estimate of drug-likeness (QED) is 0.489. The molecule has 1 heterocycles. The summed E-state index contributed by atoms with van der Waals surface area (Å²) in [5, 5.41) is 2.75. The summed E-state index contributed by atoms with van der Waals surface area (Å²) >= 11 is 0. The second-order valence-electron chi connectivity index (χ2n) is 9.10. The molecular weight excluding hydrogens is 479 g/mol. The van der Waals surface area contributed by atoms with E-state index in [1.165, 1.54) is 18.2 Å². The number of halogens is 1. The number of piperidine rings is 1. The van der Waals surface area contributed by atoms with Gasteiger partial charge in [0.1, 0.15) is 5.82 Å². The van der Waals surface area contributed by atoms with Crippen molar-refractivity contribution in [2.45, 2.75) is 37.0 Å². The molecular formula is C28H29FN2O4S. The Labute approximate surface area is 211 Å². The third-order valence-electron chi connectivity index (χ3n) is 6.50. The summed E-state index contributed by atoms with van der Waals surface area (Å²) in [6.07, 6.45) is 1.40. The lowest BCUT2D eigenvalue weighted by Crippen LogP contribution is -2.38. The van der Waals surface area contributed by atoms with Gasteiger partial charge in [-0.05, 0) is 73.2 Å². The highest BCUT2D eigenvalue weighted by atomic mass is 32.2. The maximum absolute atomic E-state index is 14.2. The van der Waals surface area contributed by atoms with E-state index >= 15 is 0 Å². The van der Waals surface area contributed by atoms with Gasteiger partial charge in [0.2, 0.25) is 5.91 Å². The van der Waals surface area contributed by atoms with E-state index in [9.17, 15) is 22.4 Å². The van der Waals surface area contributed by atoms with E-state index in [0.717, 1.165) is 24.0 Å². The molecule has 6 nitrogen and oxygen atoms in total. The van der Waals surface area contributed by atoms with Crippen LogP contribution < -0.4 is 5.32 Å². The van der Waals surface area contributed by atoms with Gasteiger partial charge < -0.3 is 10.2 Å². The fourth-order valence-electron chi connectivity index (χ4n) is 4.41. The van der Waals surface area contributed by atoms with Gasteiger partial charge in [0.05, 0.1) is 16.2 Å². The molecule has 36 heavy (non-hydrogen) atoms. The summed E-state index contributed by atoms with van der Waals surface area (Å²) in [6.45, 7) is 2.88. The predicted octanol–water partition coefficient (Wildman–Crippen LogP) is 4.96. The third kappa shape index (κ3) is 6.18. The van der Waals surface area contributed by atoms with Crippen molar-refractivity contribution in [3.63, 3.8) is 0 Å². The first-order chi connectivity index (χ1) is 17.2. The fourth-order valence-corrected chi connectivity index (χ4v) is 5.68. The van der Waals surface area contributed by atoms with E-state index in [4.69, 9.17) is 0 Å². The summed E-state index contributed by atoms with van der Waals surface area (Å²) in [6, 6.07) is 20.2. The summed E-state index contributed by atoms with van der Waals surface area (Å²) in [7, 11) is -3.51. The van der Waals surface area contributed by atoms with Gasteiger partial charge in [0.25, 0.3) is 5.91 Å². The number of carbonyl (C=O) groups excluding carboxylic acids is 2. The van der Waals surface area contributed by atoms with Crippen LogP contribution in [0.2, 0.25) is 0 Å². The first kappa shape index (κ1) is 25.6. The van der Waals surface area contributed by atoms with Crippen LogP contribution in [0.1, 0.15) is 46.7 Å². The molecule has 0 aliphatic carbocycles. The van der Waals surface area contributed by atoms with Crippen LogP contribution in [0, 0.1) is 12.7 Å². The van der Waals surface area contributed by atoms with Crippen molar-refractivity contribution in [3.8, 4) is 0 Å². The van der Waals surface area contributed by atoms with Crippen molar-refractivity contribution in [3.05, 3.63) is 95.3 Å². The number of rotatable bonds is 7. The van der Waals surface area contributed by atoms with Gasteiger partial charge in [-0.1, -0.05) is 36.4 Å². The number of hydrogen-bond acceptors (Lipinski definition) is 4. The van der Waals surface area contributed by atoms with Gasteiger partial charge in [-0.3, -0.25) is 9.59 Å². The molecule has 0 radical (unpaired) electrons. The first-order valence-corrected chi connectivity index (χ1v) is 13.6. The maximum atomic E-state index is 14.2. The minimum absolute atomic E-state index is 0.107. The summed E-state index contributed by atoms with van der Waals surface area (Å²) < 4.78 is 38.9. The maximum Gasteiger partial charge on any atom is 0.256 e. The molecule has 8 heteroatoms. The number of benzene rings is 3. The summed E-state index contributed by atoms with van der Waals surface area (Å²) in [5.41, 5.74) is 2.59. The van der Waals surface area contributed by atoms with Crippen LogP contribution in [0.15, 0.2) is 77.7 Å². The van der Waals surface area contributed by atoms with Crippen molar-refractivity contribution in [2.75, 3.05) is 24.2 Å². The largest absolute Gasteiger partial charge is 0.339 e. The number of nitrogens with zero attached hydrogens (tertiary/aromatic N) is 1. The molecule has 1 aliphatic heterocycles. The molecule has 4 rings (SSSR count). The van der Waals surface area contributed by atoms with Gasteiger partial charge in [0, 0.05) is 25.2 Å². The Balaban J connectivity index is 1.27. The molecule has 3 aromatic rings. The normalized spacial score (nSPS) is 14.4. The van der Waals surface area contributed by atoms with Gasteiger partial charge in [-0.2, -0.15) is 0 Å². The van der Waals surface area contributed by atoms with Crippen LogP contribution in [0.5, 0.6) is 0 Å². The Hall–Kier alpha value is -3.52. The zero-order valence-corrected chi connectivity index (χ0v) is 20.9. The molecule has 1 N–H and O–H groups in total. The zero-order valence-electron chi connectivity index (χ0n) is 20.1. The molecule has 0 saturated carbocycles. The molecule has 0 unspecified atom stereocenters. The average molecular weight is 509 g/mol. The second kappa shape index (κ2) is 11.0. The van der Waals surface area contributed by atoms with Crippen molar-refractivity contribution >= 4 is 27.3 Å². The number of amides is 2. The second-order valence-corrected chi connectivity index (χ2v) is 11.2. The molecule has 188 valence electrons. The lowest BCUT2D eigenvalue weighted by atomic mass is 9.89. The van der Waals surface area contributed by atoms with Crippen molar-refractivity contribution in [1.82, 2.24) is 4.90 Å². The highest BCUT2D eigenvalue weighted by Crippen LogP contribution is 2.30. The van der Waals surface area contributed by atoms with E-state index in [1.54, 1.807) is 54.3 Å². The average Bonchev–Trinajstić information content (AvgIpc) is 2.88. The molecule has 1 saturated heterocycles. The lowest BCUT2D eigenvalue weighted by Gasteiger charge is -2.32. The number of nitrogens with one attached hydrogen (secondary N) is 1. The SMILES string of the molecule is Cc1ccc(C(=O)N2CCC(c3ccc(NC(=O)CCS(=O)(=O)c4ccccc4)cc3)CC2)c(F)c1. The Bertz CT molecular complexity index is 1330. The molecule has 0 aromatic heterocycles. The molecule has 2 amide bonds. The van der Waals surface area contributed by atoms with Crippen LogP contribution in [-0.2, 0) is 14.6 Å². The topological polar surface area (TPSA) is 83.6 Å². The van der Waals surface area contributed by atoms with Crippen LogP contribution in [-0.4, -0.2) is 44.0 Å². The third-order valence-corrected chi connectivity index (χ3v) is 8.24.